The topological polar surface area (TPSA) is 22.2 Å². The Morgan fingerprint density at radius 3 is 1.63 bits per heavy atom. The van der Waals surface area contributed by atoms with Gasteiger partial charge in [0.1, 0.15) is 0 Å². The lowest BCUT2D eigenvalue weighted by Crippen LogP contribution is -2.61. The average Bonchev–Trinajstić information content (AvgIpc) is 2.88. The molecule has 5 heteroatoms. The first-order valence-corrected chi connectivity index (χ1v) is 17.4. The third-order valence-electron chi connectivity index (χ3n) is 10.8. The third kappa shape index (κ3) is 12.4. The van der Waals surface area contributed by atoms with Gasteiger partial charge in [-0.05, 0) is 90.5 Å². The van der Waals surface area contributed by atoms with E-state index in [2.05, 4.69) is 110 Å². The van der Waals surface area contributed by atoms with Gasteiger partial charge in [-0.25, -0.2) is 0 Å². The summed E-state index contributed by atoms with van der Waals surface area (Å²) in [5.41, 5.74) is 1.11. The Labute approximate surface area is 259 Å². The predicted molar refractivity (Wildman–Crippen MR) is 182 cm³/mol. The van der Waals surface area contributed by atoms with E-state index in [-0.39, 0.29) is 16.7 Å². The molecule has 2 heterocycles. The van der Waals surface area contributed by atoms with Gasteiger partial charge in [-0.15, -0.1) is 0 Å². The summed E-state index contributed by atoms with van der Waals surface area (Å²) in [4.78, 5) is 10.9. The van der Waals surface area contributed by atoms with Crippen LogP contribution in [-0.2, 0) is 4.74 Å². The number of nitrogens with zero attached hydrogens (tertiary/aromatic N) is 4. The normalized spacial score (nSPS) is 19.9. The molecule has 0 aromatic heterocycles. The third-order valence-corrected chi connectivity index (χ3v) is 10.8. The molecule has 41 heavy (non-hydrogen) atoms. The van der Waals surface area contributed by atoms with Crippen LogP contribution in [0.1, 0.15) is 130 Å². The second kappa shape index (κ2) is 16.2. The zero-order valence-corrected chi connectivity index (χ0v) is 30.9. The maximum Gasteiger partial charge on any atom is 0.0623 e. The highest BCUT2D eigenvalue weighted by Gasteiger charge is 2.43. The van der Waals surface area contributed by atoms with Crippen LogP contribution >= 0.6 is 0 Å². The van der Waals surface area contributed by atoms with Crippen LogP contribution in [0, 0.1) is 16.7 Å². The van der Waals surface area contributed by atoms with Gasteiger partial charge < -0.3 is 14.5 Å². The quantitative estimate of drug-likeness (QED) is 0.196. The molecular formula is C36H76N4O. The summed E-state index contributed by atoms with van der Waals surface area (Å²) >= 11 is 0. The Balaban J connectivity index is 0.00000411. The first kappa shape index (κ1) is 38.8. The Kier molecular flexibility index (Phi) is 15.3. The maximum atomic E-state index is 6.17. The molecule has 2 rings (SSSR count). The molecule has 0 aliphatic carbocycles. The summed E-state index contributed by atoms with van der Waals surface area (Å²) in [7, 11) is 0. The Morgan fingerprint density at radius 1 is 0.659 bits per heavy atom. The molecule has 246 valence electrons. The van der Waals surface area contributed by atoms with Gasteiger partial charge >= 0.3 is 0 Å². The number of hydrogen-bond acceptors (Lipinski definition) is 5. The average molecular weight is 581 g/mol. The number of piperazine rings is 2. The molecule has 5 nitrogen and oxygen atoms in total. The van der Waals surface area contributed by atoms with E-state index in [0.717, 1.165) is 25.4 Å². The predicted octanol–water partition coefficient (Wildman–Crippen LogP) is 7.89. The number of hydrogen-bond donors (Lipinski definition) is 0. The van der Waals surface area contributed by atoms with Crippen LogP contribution in [0.2, 0.25) is 0 Å². The van der Waals surface area contributed by atoms with E-state index in [1.807, 2.05) is 13.8 Å². The molecule has 2 saturated heterocycles. The molecule has 0 saturated carbocycles. The zero-order valence-electron chi connectivity index (χ0n) is 30.9. The first-order valence-electron chi connectivity index (χ1n) is 17.4. The van der Waals surface area contributed by atoms with Crippen molar-refractivity contribution in [2.75, 3.05) is 72.1 Å². The minimum Gasteiger partial charge on any atom is -0.376 e. The molecule has 0 N–H and O–H groups in total. The molecule has 0 aromatic rings. The lowest BCUT2D eigenvalue weighted by atomic mass is 9.68. The van der Waals surface area contributed by atoms with Crippen LogP contribution in [-0.4, -0.2) is 108 Å². The van der Waals surface area contributed by atoms with Crippen molar-refractivity contribution < 1.29 is 4.74 Å². The van der Waals surface area contributed by atoms with Crippen molar-refractivity contribution in [1.29, 1.82) is 0 Å². The van der Waals surface area contributed by atoms with E-state index in [0.29, 0.717) is 10.8 Å². The highest BCUT2D eigenvalue weighted by atomic mass is 16.5. The Bertz CT molecular complexity index is 711. The lowest BCUT2D eigenvalue weighted by molar-refractivity contribution is -0.0438. The monoisotopic (exact) mass is 581 g/mol. The standard InChI is InChI=1S/C34H70N4O.C2H6/c1-14-33(10,11)39-26-16-32(8,9)37-22-18-35(19-23-37)17-15-30(4,5)28-36-20-24-38(25-21-36)34(12,13)31(6,7)27-29(2)3;1-2/h29H,14-28H2,1-13H3;1-2H3. The van der Waals surface area contributed by atoms with Gasteiger partial charge in [-0.1, -0.05) is 62.3 Å². The minimum atomic E-state index is -0.00385. The molecule has 0 unspecified atom stereocenters. The van der Waals surface area contributed by atoms with Crippen LogP contribution in [0.15, 0.2) is 0 Å². The Hall–Kier alpha value is -0.200. The fourth-order valence-electron chi connectivity index (χ4n) is 6.72. The summed E-state index contributed by atoms with van der Waals surface area (Å²) in [6.07, 6.45) is 4.73. The van der Waals surface area contributed by atoms with Crippen LogP contribution < -0.4 is 0 Å². The summed E-state index contributed by atoms with van der Waals surface area (Å²) in [5, 5.41) is 0. The zero-order chi connectivity index (χ0) is 31.7. The molecule has 2 fully saturated rings. The van der Waals surface area contributed by atoms with E-state index in [9.17, 15) is 0 Å². The van der Waals surface area contributed by atoms with Gasteiger partial charge in [-0.3, -0.25) is 9.80 Å². The molecule has 0 bridgehead atoms. The van der Waals surface area contributed by atoms with Crippen molar-refractivity contribution in [2.24, 2.45) is 16.7 Å². The number of rotatable bonds is 15. The van der Waals surface area contributed by atoms with E-state index in [1.54, 1.807) is 0 Å². The van der Waals surface area contributed by atoms with E-state index in [4.69, 9.17) is 4.74 Å². The van der Waals surface area contributed by atoms with Gasteiger partial charge in [0.2, 0.25) is 0 Å². The van der Waals surface area contributed by atoms with E-state index < -0.39 is 0 Å². The van der Waals surface area contributed by atoms with E-state index >= 15 is 0 Å². The van der Waals surface area contributed by atoms with Crippen LogP contribution in [0.4, 0.5) is 0 Å². The van der Waals surface area contributed by atoms with Crippen molar-refractivity contribution in [3.8, 4) is 0 Å². The first-order chi connectivity index (χ1) is 18.8. The van der Waals surface area contributed by atoms with Gasteiger partial charge in [0.25, 0.3) is 0 Å². The van der Waals surface area contributed by atoms with Crippen molar-refractivity contribution in [3.63, 3.8) is 0 Å². The van der Waals surface area contributed by atoms with Gasteiger partial charge in [-0.2, -0.15) is 0 Å². The SMILES string of the molecule is CC.CCC(C)(C)OCCC(C)(C)N1CCN(CCC(C)(C)CN2CCN(C(C)(C)C(C)(C)CC(C)C)CC2)CC1. The molecule has 0 atom stereocenters. The van der Waals surface area contributed by atoms with Gasteiger partial charge in [0, 0.05) is 76.6 Å². The van der Waals surface area contributed by atoms with E-state index in [1.165, 1.54) is 78.3 Å². The lowest BCUT2D eigenvalue weighted by Gasteiger charge is -2.53. The second-order valence-corrected chi connectivity index (χ2v) is 16.6. The smallest absolute Gasteiger partial charge is 0.0623 e. The highest BCUT2D eigenvalue weighted by Crippen LogP contribution is 2.41. The fourth-order valence-corrected chi connectivity index (χ4v) is 6.72. The summed E-state index contributed by atoms with van der Waals surface area (Å²) in [6.45, 7) is 47.9. The van der Waals surface area contributed by atoms with Crippen molar-refractivity contribution in [2.45, 2.75) is 146 Å². The molecule has 0 amide bonds. The molecule has 2 aliphatic rings. The Morgan fingerprint density at radius 2 is 1.15 bits per heavy atom. The number of ether oxygens (including phenoxy) is 1. The van der Waals surface area contributed by atoms with Gasteiger partial charge in [0.05, 0.1) is 5.60 Å². The fraction of sp³-hybridized carbons (Fsp3) is 1.00. The van der Waals surface area contributed by atoms with Crippen molar-refractivity contribution in [1.82, 2.24) is 19.6 Å². The van der Waals surface area contributed by atoms with Crippen molar-refractivity contribution in [3.05, 3.63) is 0 Å². The molecule has 2 aliphatic heterocycles. The molecule has 0 spiro atoms. The summed E-state index contributed by atoms with van der Waals surface area (Å²) in [6, 6.07) is 0. The van der Waals surface area contributed by atoms with Gasteiger partial charge in [0.15, 0.2) is 0 Å². The summed E-state index contributed by atoms with van der Waals surface area (Å²) in [5.74, 6) is 0.744. The van der Waals surface area contributed by atoms with Crippen molar-refractivity contribution >= 4 is 0 Å². The maximum absolute atomic E-state index is 6.17. The largest absolute Gasteiger partial charge is 0.376 e. The highest BCUT2D eigenvalue weighted by molar-refractivity contribution is 4.97. The molecule has 0 aromatic carbocycles. The molecule has 0 radical (unpaired) electrons. The van der Waals surface area contributed by atoms with Crippen LogP contribution in [0.3, 0.4) is 0 Å². The second-order valence-electron chi connectivity index (χ2n) is 16.6. The summed E-state index contributed by atoms with van der Waals surface area (Å²) < 4.78 is 6.17. The van der Waals surface area contributed by atoms with Crippen LogP contribution in [0.5, 0.6) is 0 Å². The van der Waals surface area contributed by atoms with Crippen LogP contribution in [0.25, 0.3) is 0 Å². The minimum absolute atomic E-state index is 0.00385. The molecular weight excluding hydrogens is 504 g/mol.